The molecule has 0 fully saturated rings. The third-order valence-electron chi connectivity index (χ3n) is 0.188. The maximum absolute atomic E-state index is 6.28. The molecule has 0 N–H and O–H groups in total. The maximum atomic E-state index is 6.28. The molecule has 0 aliphatic heterocycles. The van der Waals surface area contributed by atoms with Crippen molar-refractivity contribution in [1.29, 1.82) is 0 Å². The second-order valence-electron chi connectivity index (χ2n) is 0.500. The Morgan fingerprint density at radius 3 is 2.00 bits per heavy atom. The van der Waals surface area contributed by atoms with Crippen LogP contribution in [0.2, 0.25) is 0 Å². The van der Waals surface area contributed by atoms with Gasteiger partial charge in [0.15, 0.2) is 0 Å². The first kappa shape index (κ1) is 1.96. The van der Waals surface area contributed by atoms with Crippen LogP contribution < -0.4 is 0 Å². The lowest BCUT2D eigenvalue weighted by molar-refractivity contribution is 2.47. The minimum absolute atomic E-state index is 1.82. The third kappa shape index (κ3) is 2.68. The topological polar surface area (TPSA) is 0 Å². The van der Waals surface area contributed by atoms with Gasteiger partial charge in [0.2, 0.25) is 0 Å². The van der Waals surface area contributed by atoms with Crippen molar-refractivity contribution >= 4 is 0 Å². The maximum Gasteiger partial charge on any atom is 0.125 e. The first-order valence-electron chi connectivity index (χ1n) is 2.25. The van der Waals surface area contributed by atoms with Crippen molar-refractivity contribution in [3.63, 3.8) is 0 Å². The monoisotopic (exact) mass is 76.0 g/mol. The van der Waals surface area contributed by atoms with Crippen LogP contribution in [0.5, 0.6) is 0 Å². The second kappa shape index (κ2) is 3.68. The largest absolute Gasteiger partial charge is 0.125 e. The van der Waals surface area contributed by atoms with Crippen molar-refractivity contribution in [3.8, 4) is 36.5 Å². The van der Waals surface area contributed by atoms with E-state index in [-0.39, 0.29) is 0 Å². The van der Waals surface area contributed by atoms with E-state index in [2.05, 4.69) is 23.7 Å². The van der Waals surface area contributed by atoms with E-state index in [0.717, 1.165) is 0 Å². The molecule has 0 heteroatoms. The van der Waals surface area contributed by atoms with Gasteiger partial charge in [-0.25, -0.2) is 0 Å². The summed E-state index contributed by atoms with van der Waals surface area (Å²) in [5.41, 5.74) is 0. The van der Waals surface area contributed by atoms with Crippen LogP contribution in [0.15, 0.2) is 0 Å². The lowest BCUT2D eigenvalue weighted by atomic mass is 10.6. The van der Waals surface area contributed by atoms with Crippen molar-refractivity contribution in [3.05, 3.63) is 0 Å². The molecule has 0 atom stereocenters. The second-order valence-corrected chi connectivity index (χ2v) is 0.500. The molecular weight excluding hydrogens is 72.1 g/mol. The summed E-state index contributed by atoms with van der Waals surface area (Å²) in [6.45, 7) is 0. The highest BCUT2D eigenvalue weighted by Crippen LogP contribution is 1.42. The van der Waals surface area contributed by atoms with Gasteiger partial charge < -0.3 is 0 Å². The Bertz CT molecular complexity index is 196. The van der Waals surface area contributed by atoms with E-state index in [0.29, 0.717) is 0 Å². The Labute approximate surface area is 40.4 Å². The Kier molecular flexibility index (Phi) is 1.20. The molecule has 0 aliphatic carbocycles. The quantitative estimate of drug-likeness (QED) is 0.363. The van der Waals surface area contributed by atoms with E-state index in [4.69, 9.17) is 2.74 Å². The Balaban J connectivity index is 3.75. The predicted molar refractivity (Wildman–Crippen MR) is 25.4 cm³/mol. The molecule has 0 bridgehead atoms. The fraction of sp³-hybridized carbons (Fsp3) is 0. The molecule has 0 saturated heterocycles. The van der Waals surface area contributed by atoms with Gasteiger partial charge in [-0.3, -0.25) is 0 Å². The first-order chi connectivity index (χ1) is 3.91. The average Bonchev–Trinajstić information content (AvgIpc) is 1.81. The number of terminal acetylenes is 2. The SMILES string of the molecule is [2H]C#CC#CC#C[2H]. The van der Waals surface area contributed by atoms with Crippen molar-refractivity contribution < 1.29 is 2.74 Å². The van der Waals surface area contributed by atoms with Crippen LogP contribution in [0.4, 0.5) is 0 Å². The first-order valence-corrected chi connectivity index (χ1v) is 1.25. The summed E-state index contributed by atoms with van der Waals surface area (Å²) in [5.74, 6) is 8.79. The van der Waals surface area contributed by atoms with Crippen molar-refractivity contribution in [1.82, 2.24) is 0 Å². The van der Waals surface area contributed by atoms with E-state index >= 15 is 0 Å². The standard InChI is InChI=1S/C6H2/c1-3-5-6-4-2/h1-2H/i1D,2D. The van der Waals surface area contributed by atoms with Gasteiger partial charge in [0, 0.05) is 0 Å². The van der Waals surface area contributed by atoms with E-state index in [1.165, 1.54) is 0 Å². The van der Waals surface area contributed by atoms with Crippen molar-refractivity contribution in [2.75, 3.05) is 0 Å². The van der Waals surface area contributed by atoms with Crippen LogP contribution in [-0.4, -0.2) is 0 Å². The zero-order valence-corrected chi connectivity index (χ0v) is 3.00. The van der Waals surface area contributed by atoms with E-state index in [9.17, 15) is 0 Å². The Morgan fingerprint density at radius 2 is 1.67 bits per heavy atom. The molecule has 0 heterocycles. The molecule has 0 rings (SSSR count). The average molecular weight is 76.1 g/mol. The van der Waals surface area contributed by atoms with E-state index in [1.54, 1.807) is 0 Å². The van der Waals surface area contributed by atoms with Crippen LogP contribution >= 0.6 is 0 Å². The van der Waals surface area contributed by atoms with Crippen LogP contribution in [0, 0.1) is 36.5 Å². The highest BCUT2D eigenvalue weighted by molar-refractivity contribution is 5.31. The summed E-state index contributed by atoms with van der Waals surface area (Å²) in [5, 5.41) is 0. The van der Waals surface area contributed by atoms with Crippen molar-refractivity contribution in [2.24, 2.45) is 0 Å². The smallest absolute Gasteiger partial charge is 0.106 e. The third-order valence-corrected chi connectivity index (χ3v) is 0.188. The van der Waals surface area contributed by atoms with Gasteiger partial charge in [-0.05, 0) is 23.7 Å². The molecule has 0 aromatic heterocycles. The normalized spacial score (nSPS) is 5.33. The Hall–Kier alpha value is -1.32. The minimum atomic E-state index is 1.82. The van der Waals surface area contributed by atoms with Crippen LogP contribution in [0.25, 0.3) is 0 Å². The molecule has 0 aliphatic rings. The Morgan fingerprint density at radius 1 is 1.17 bits per heavy atom. The summed E-state index contributed by atoms with van der Waals surface area (Å²) in [6, 6.07) is 0. The zero-order chi connectivity index (χ0) is 6.24. The van der Waals surface area contributed by atoms with Gasteiger partial charge >= 0.3 is 0 Å². The van der Waals surface area contributed by atoms with Crippen LogP contribution in [0.1, 0.15) is 2.74 Å². The minimum Gasteiger partial charge on any atom is -0.106 e. The fourth-order valence-corrected chi connectivity index (χ4v) is 0.0625. The lowest BCUT2D eigenvalue weighted by Crippen LogP contribution is -1.42. The predicted octanol–water partition coefficient (Wildman–Crippen LogP) is 0.256. The van der Waals surface area contributed by atoms with E-state index < -0.39 is 0 Å². The molecule has 0 nitrogen and oxygen atoms in total. The molecule has 0 aromatic rings. The number of rotatable bonds is 0. The number of hydrogen-bond donors (Lipinski definition) is 0. The molecule has 0 amide bonds. The molecule has 0 radical (unpaired) electrons. The summed E-state index contributed by atoms with van der Waals surface area (Å²) in [4.78, 5) is 0. The van der Waals surface area contributed by atoms with Gasteiger partial charge in [-0.2, -0.15) is 0 Å². The van der Waals surface area contributed by atoms with Gasteiger partial charge in [-0.15, -0.1) is 12.8 Å². The van der Waals surface area contributed by atoms with E-state index in [1.807, 2.05) is 12.8 Å². The van der Waals surface area contributed by atoms with Gasteiger partial charge in [0.05, 0.1) is 0 Å². The highest BCUT2D eigenvalue weighted by atomic mass is 13.4. The summed E-state index contributed by atoms with van der Waals surface area (Å²) < 4.78 is 12.6. The molecule has 0 spiro atoms. The van der Waals surface area contributed by atoms with Gasteiger partial charge in [0.1, 0.15) is 2.74 Å². The summed E-state index contributed by atoms with van der Waals surface area (Å²) in [7, 11) is 0. The summed E-state index contributed by atoms with van der Waals surface area (Å²) in [6.07, 6.45) is 3.65. The molecule has 26 valence electrons. The molecular formula is C6H2. The van der Waals surface area contributed by atoms with Crippen LogP contribution in [0.3, 0.4) is 0 Å². The summed E-state index contributed by atoms with van der Waals surface area (Å²) >= 11 is 0. The molecule has 0 unspecified atom stereocenters. The molecule has 0 aromatic carbocycles. The lowest BCUT2D eigenvalue weighted by Gasteiger charge is -1.43. The zero-order valence-electron chi connectivity index (χ0n) is 5.00. The molecule has 0 saturated carbocycles. The van der Waals surface area contributed by atoms with Gasteiger partial charge in [-0.1, -0.05) is 0 Å². The van der Waals surface area contributed by atoms with Crippen LogP contribution in [-0.2, 0) is 0 Å². The molecule has 6 heavy (non-hydrogen) atoms. The highest BCUT2D eigenvalue weighted by Gasteiger charge is 1.41. The van der Waals surface area contributed by atoms with Gasteiger partial charge in [0.25, 0.3) is 0 Å². The van der Waals surface area contributed by atoms with Crippen molar-refractivity contribution in [2.45, 2.75) is 0 Å². The fourth-order valence-electron chi connectivity index (χ4n) is 0.0625. The number of hydrogen-bond acceptors (Lipinski definition) is 0.